The molecule has 0 aliphatic heterocycles. The molecule has 1 aromatic rings. The molecule has 6 heteroatoms. The van der Waals surface area contributed by atoms with Crippen LogP contribution in [0.15, 0.2) is 18.2 Å². The Balaban J connectivity index is 3.04. The fourth-order valence-corrected chi connectivity index (χ4v) is 2.13. The molecule has 0 radical (unpaired) electrons. The van der Waals surface area contributed by atoms with Gasteiger partial charge >= 0.3 is 11.9 Å². The second-order valence-electron chi connectivity index (χ2n) is 6.64. The van der Waals surface area contributed by atoms with Gasteiger partial charge in [0.15, 0.2) is 12.4 Å². The second-order valence-corrected chi connectivity index (χ2v) is 6.64. The summed E-state index contributed by atoms with van der Waals surface area (Å²) < 4.78 is 15.8. The average Bonchev–Trinajstić information content (AvgIpc) is 2.56. The number of rotatable bonds is 8. The van der Waals surface area contributed by atoms with Crippen LogP contribution in [0.5, 0.6) is 5.75 Å². The maximum atomic E-state index is 12.4. The summed E-state index contributed by atoms with van der Waals surface area (Å²) in [7, 11) is 1.26. The molecule has 0 aliphatic carbocycles. The summed E-state index contributed by atoms with van der Waals surface area (Å²) in [4.78, 5) is 35.3. The van der Waals surface area contributed by atoms with Crippen LogP contribution in [-0.4, -0.2) is 37.0 Å². The number of hydrogen-bond donors (Lipinski definition) is 0. The van der Waals surface area contributed by atoms with E-state index in [1.807, 2.05) is 6.92 Å². The zero-order valence-corrected chi connectivity index (χ0v) is 15.5. The minimum atomic E-state index is -0.818. The number of esters is 2. The summed E-state index contributed by atoms with van der Waals surface area (Å²) >= 11 is 0. The Morgan fingerprint density at radius 2 is 1.92 bits per heavy atom. The van der Waals surface area contributed by atoms with E-state index in [2.05, 4.69) is 4.74 Å². The molecule has 0 aromatic heterocycles. The number of carbonyl (C=O) groups is 3. The summed E-state index contributed by atoms with van der Waals surface area (Å²) in [5.74, 6) is -0.797. The summed E-state index contributed by atoms with van der Waals surface area (Å²) in [5, 5.41) is 0. The van der Waals surface area contributed by atoms with E-state index < -0.39 is 23.6 Å². The van der Waals surface area contributed by atoms with Gasteiger partial charge in [0, 0.05) is 0 Å². The van der Waals surface area contributed by atoms with Crippen molar-refractivity contribution in [1.82, 2.24) is 0 Å². The molecule has 0 amide bonds. The van der Waals surface area contributed by atoms with Crippen molar-refractivity contribution >= 4 is 18.2 Å². The third-order valence-corrected chi connectivity index (χ3v) is 3.32. The fraction of sp³-hybridized carbons (Fsp3) is 0.526. The Hall–Kier alpha value is -2.37. The minimum Gasteiger partial charge on any atom is -0.478 e. The Labute approximate surface area is 148 Å². The van der Waals surface area contributed by atoms with Gasteiger partial charge in [-0.25, -0.2) is 9.59 Å². The minimum absolute atomic E-state index is 0.174. The Morgan fingerprint density at radius 3 is 2.44 bits per heavy atom. The van der Waals surface area contributed by atoms with Crippen LogP contribution in [0.3, 0.4) is 0 Å². The monoisotopic (exact) mass is 350 g/mol. The molecule has 6 nitrogen and oxygen atoms in total. The molecule has 0 spiro atoms. The van der Waals surface area contributed by atoms with Crippen molar-refractivity contribution in [2.45, 2.75) is 58.7 Å². The first kappa shape index (κ1) is 20.7. The van der Waals surface area contributed by atoms with Crippen molar-refractivity contribution in [2.75, 3.05) is 7.11 Å². The number of methoxy groups -OCH3 is 1. The van der Waals surface area contributed by atoms with Gasteiger partial charge in [-0.15, -0.1) is 0 Å². The van der Waals surface area contributed by atoms with Crippen molar-refractivity contribution < 1.29 is 28.6 Å². The lowest BCUT2D eigenvalue weighted by molar-refractivity contribution is -0.163. The lowest BCUT2D eigenvalue weighted by Crippen LogP contribution is -2.35. The van der Waals surface area contributed by atoms with Gasteiger partial charge in [0.25, 0.3) is 0 Å². The molecule has 1 unspecified atom stereocenters. The molecular weight excluding hydrogens is 324 g/mol. The van der Waals surface area contributed by atoms with E-state index in [-0.39, 0.29) is 16.9 Å². The molecule has 0 fully saturated rings. The molecule has 0 saturated heterocycles. The van der Waals surface area contributed by atoms with Crippen molar-refractivity contribution in [1.29, 1.82) is 0 Å². The molecule has 25 heavy (non-hydrogen) atoms. The first-order chi connectivity index (χ1) is 11.7. The van der Waals surface area contributed by atoms with Crippen molar-refractivity contribution in [3.63, 3.8) is 0 Å². The number of carbonyl (C=O) groups excluding carboxylic acids is 3. The summed E-state index contributed by atoms with van der Waals surface area (Å²) in [6.07, 6.45) is 1.91. The third kappa shape index (κ3) is 6.57. The molecule has 138 valence electrons. The normalized spacial score (nSPS) is 12.2. The topological polar surface area (TPSA) is 78.9 Å². The van der Waals surface area contributed by atoms with E-state index in [4.69, 9.17) is 9.47 Å². The zero-order valence-electron chi connectivity index (χ0n) is 15.5. The van der Waals surface area contributed by atoms with Crippen LogP contribution in [0.4, 0.5) is 0 Å². The number of aldehydes is 1. The van der Waals surface area contributed by atoms with E-state index in [0.717, 1.165) is 12.8 Å². The van der Waals surface area contributed by atoms with Crippen LogP contribution in [0.2, 0.25) is 0 Å². The van der Waals surface area contributed by atoms with Crippen LogP contribution >= 0.6 is 0 Å². The molecule has 0 aliphatic rings. The summed E-state index contributed by atoms with van der Waals surface area (Å²) in [6.45, 7) is 7.35. The molecule has 1 atom stereocenters. The van der Waals surface area contributed by atoms with Gasteiger partial charge in [-0.1, -0.05) is 13.3 Å². The van der Waals surface area contributed by atoms with Gasteiger partial charge in [-0.05, 0) is 51.8 Å². The quantitative estimate of drug-likeness (QED) is 0.527. The number of unbranched alkanes of at least 4 members (excludes halogenated alkanes) is 1. The molecule has 1 rings (SSSR count). The molecular formula is C19H26O6. The Bertz CT molecular complexity index is 615. The standard InChI is InChI=1S/C19H26O6/c1-6-7-8-16(18(22)25-19(2,3)4)24-15-10-9-13(17(21)23-5)11-14(15)12-20/h9-12,16H,6-8H2,1-5H3. The van der Waals surface area contributed by atoms with Crippen LogP contribution in [-0.2, 0) is 14.3 Å². The zero-order chi connectivity index (χ0) is 19.0. The fourth-order valence-electron chi connectivity index (χ4n) is 2.13. The van der Waals surface area contributed by atoms with E-state index in [0.29, 0.717) is 12.7 Å². The largest absolute Gasteiger partial charge is 0.478 e. The molecule has 0 bridgehead atoms. The SMILES string of the molecule is CCCCC(Oc1ccc(C(=O)OC)cc1C=O)C(=O)OC(C)(C)C. The maximum absolute atomic E-state index is 12.4. The van der Waals surface area contributed by atoms with Crippen molar-refractivity contribution in [3.8, 4) is 5.75 Å². The predicted molar refractivity (Wildman–Crippen MR) is 93.0 cm³/mol. The van der Waals surface area contributed by atoms with Crippen LogP contribution in [0.25, 0.3) is 0 Å². The van der Waals surface area contributed by atoms with Gasteiger partial charge in [-0.2, -0.15) is 0 Å². The first-order valence-electron chi connectivity index (χ1n) is 8.29. The van der Waals surface area contributed by atoms with Gasteiger partial charge in [-0.3, -0.25) is 4.79 Å². The van der Waals surface area contributed by atoms with Crippen LogP contribution in [0, 0.1) is 0 Å². The van der Waals surface area contributed by atoms with Crippen LogP contribution in [0.1, 0.15) is 67.7 Å². The van der Waals surface area contributed by atoms with Gasteiger partial charge in [0.2, 0.25) is 0 Å². The average molecular weight is 350 g/mol. The van der Waals surface area contributed by atoms with E-state index >= 15 is 0 Å². The lowest BCUT2D eigenvalue weighted by atomic mass is 10.1. The molecule has 1 aromatic carbocycles. The summed E-state index contributed by atoms with van der Waals surface area (Å²) in [5.41, 5.74) is -0.222. The van der Waals surface area contributed by atoms with Crippen molar-refractivity contribution in [2.24, 2.45) is 0 Å². The smallest absolute Gasteiger partial charge is 0.347 e. The van der Waals surface area contributed by atoms with Crippen LogP contribution < -0.4 is 4.74 Å². The first-order valence-corrected chi connectivity index (χ1v) is 8.29. The van der Waals surface area contributed by atoms with Gasteiger partial charge in [0.05, 0.1) is 18.2 Å². The van der Waals surface area contributed by atoms with Gasteiger partial charge < -0.3 is 14.2 Å². The summed E-state index contributed by atoms with van der Waals surface area (Å²) in [6, 6.07) is 4.35. The molecule has 0 saturated carbocycles. The highest BCUT2D eigenvalue weighted by Gasteiger charge is 2.27. The van der Waals surface area contributed by atoms with Crippen molar-refractivity contribution in [3.05, 3.63) is 29.3 Å². The molecule has 0 N–H and O–H groups in total. The predicted octanol–water partition coefficient (Wildman–Crippen LogP) is 3.57. The highest BCUT2D eigenvalue weighted by molar-refractivity contribution is 5.92. The number of hydrogen-bond acceptors (Lipinski definition) is 6. The number of benzene rings is 1. The maximum Gasteiger partial charge on any atom is 0.347 e. The lowest BCUT2D eigenvalue weighted by Gasteiger charge is -2.25. The highest BCUT2D eigenvalue weighted by atomic mass is 16.6. The Kier molecular flexibility index (Phi) is 7.61. The Morgan fingerprint density at radius 1 is 1.24 bits per heavy atom. The molecule has 0 heterocycles. The van der Waals surface area contributed by atoms with E-state index in [9.17, 15) is 14.4 Å². The van der Waals surface area contributed by atoms with Gasteiger partial charge in [0.1, 0.15) is 11.4 Å². The third-order valence-electron chi connectivity index (χ3n) is 3.32. The second kappa shape index (κ2) is 9.20. The van der Waals surface area contributed by atoms with E-state index in [1.165, 1.54) is 25.3 Å². The number of ether oxygens (including phenoxy) is 3. The highest BCUT2D eigenvalue weighted by Crippen LogP contribution is 2.23. The van der Waals surface area contributed by atoms with E-state index in [1.54, 1.807) is 20.8 Å².